The van der Waals surface area contributed by atoms with Gasteiger partial charge in [0.25, 0.3) is 0 Å². The average molecular weight is 937 g/mol. The first-order chi connectivity index (χ1) is 30.0. The van der Waals surface area contributed by atoms with Crippen molar-refractivity contribution >= 4 is 136 Å². The Kier molecular flexibility index (Phi) is 13.3. The summed E-state index contributed by atoms with van der Waals surface area (Å²) < 4.78 is 16.7. The molecule has 6 N–H and O–H groups in total. The van der Waals surface area contributed by atoms with Crippen LogP contribution in [0.25, 0.3) is 56.3 Å². The first-order valence-corrected chi connectivity index (χ1v) is 21.2. The summed E-state index contributed by atoms with van der Waals surface area (Å²) in [5.74, 6) is -0.295. The minimum Gasteiger partial charge on any atom is -0.375 e. The summed E-state index contributed by atoms with van der Waals surface area (Å²) in [6.45, 7) is 20.9. The molecule has 4 amide bonds. The molecule has 0 atom stereocenters. The second-order valence-corrected chi connectivity index (χ2v) is 16.7. The molecule has 302 valence electrons. The molecule has 18 heteroatoms. The van der Waals surface area contributed by atoms with Gasteiger partial charge in [-0.25, -0.2) is 43.5 Å². The van der Waals surface area contributed by atoms with Crippen LogP contribution in [-0.2, 0) is 0 Å². The summed E-state index contributed by atoms with van der Waals surface area (Å²) in [4.78, 5) is 47.1. The van der Waals surface area contributed by atoms with E-state index < -0.39 is 6.03 Å². The lowest BCUT2D eigenvalue weighted by atomic mass is 10.1. The second-order valence-electron chi connectivity index (χ2n) is 12.6. The number of anilines is 5. The lowest BCUT2D eigenvalue weighted by Crippen LogP contribution is -2.19. The number of halogens is 2. The number of thiazole rings is 3. The van der Waals surface area contributed by atoms with Crippen LogP contribution in [0.5, 0.6) is 0 Å². The molecule has 13 nitrogen and oxygen atoms in total. The fraction of sp³-hybridized carbons (Fsp3) is 0. The Labute approximate surface area is 373 Å². The summed E-state index contributed by atoms with van der Waals surface area (Å²) in [5, 5.41) is 12.4. The maximum absolute atomic E-state index is 13.1. The quantitative estimate of drug-likeness (QED) is 0.108. The van der Waals surface area contributed by atoms with Crippen molar-refractivity contribution in [2.75, 3.05) is 27.0 Å². The number of amides is 4. The van der Waals surface area contributed by atoms with Gasteiger partial charge < -0.3 is 16.4 Å². The topological polar surface area (TPSA) is 160 Å². The third kappa shape index (κ3) is 11.1. The van der Waals surface area contributed by atoms with E-state index in [1.165, 1.54) is 46.1 Å². The lowest BCUT2D eigenvalue weighted by Gasteiger charge is -2.08. The van der Waals surface area contributed by atoms with Crippen molar-refractivity contribution in [1.29, 1.82) is 0 Å². The van der Waals surface area contributed by atoms with Crippen LogP contribution < -0.4 is 27.0 Å². The number of urea groups is 2. The van der Waals surface area contributed by atoms with Gasteiger partial charge in [0.05, 0.1) is 36.3 Å². The van der Waals surface area contributed by atoms with Gasteiger partial charge in [-0.3, -0.25) is 10.6 Å². The molecule has 0 saturated carbocycles. The first kappa shape index (κ1) is 42.3. The summed E-state index contributed by atoms with van der Waals surface area (Å²) in [7, 11) is 0. The zero-order valence-corrected chi connectivity index (χ0v) is 35.7. The molecule has 0 unspecified atom stereocenters. The highest BCUT2D eigenvalue weighted by atomic mass is 79.9. The normalized spacial score (nSPS) is 10.2. The molecule has 0 radical (unpaired) electrons. The fourth-order valence-corrected chi connectivity index (χ4v) is 8.53. The van der Waals surface area contributed by atoms with E-state index in [9.17, 15) is 14.0 Å². The van der Waals surface area contributed by atoms with Gasteiger partial charge in [-0.15, -0.1) is 0 Å². The average Bonchev–Trinajstić information content (AvgIpc) is 3.98. The minimum absolute atomic E-state index is 0.295. The fourth-order valence-electron chi connectivity index (χ4n) is 5.58. The molecule has 0 spiro atoms. The molecule has 3 aromatic heterocycles. The number of hydrogen-bond donors (Lipinski definition) is 5. The molecule has 0 aliphatic rings. The summed E-state index contributed by atoms with van der Waals surface area (Å²) >= 11 is 7.39. The zero-order valence-electron chi connectivity index (χ0n) is 31.7. The number of hydrogen-bond acceptors (Lipinski definition) is 9. The van der Waals surface area contributed by atoms with Crippen molar-refractivity contribution in [3.05, 3.63) is 172 Å². The molecule has 9 aromatic rings. The van der Waals surface area contributed by atoms with Crippen LogP contribution in [0, 0.1) is 25.5 Å². The van der Waals surface area contributed by atoms with E-state index in [4.69, 9.17) is 25.5 Å². The van der Waals surface area contributed by atoms with Crippen LogP contribution in [-0.4, -0.2) is 27.0 Å². The number of carbonyl (C=O) groups is 2. The molecule has 0 aliphatic heterocycles. The van der Waals surface area contributed by atoms with Gasteiger partial charge >= 0.3 is 12.1 Å². The van der Waals surface area contributed by atoms with E-state index in [0.717, 1.165) is 46.2 Å². The van der Waals surface area contributed by atoms with Gasteiger partial charge in [-0.05, 0) is 90.0 Å². The highest BCUT2D eigenvalue weighted by molar-refractivity contribution is 9.10. The van der Waals surface area contributed by atoms with Crippen LogP contribution in [0.3, 0.4) is 0 Å². The standard InChI is InChI=1S/C21H13FN4OS.C15H9BrN4OS.C8H5N3S/c1-23-16-9-10-18-19(12-16)28-21(25-18)26-20(27)24-17-4-2-3-14(11-17)13-5-7-15(22)8-6-13;1-17-10-5-6-12-13(8-10)22-15(19-12)20-14(21)18-11-4-2-3-9(16)7-11;1-10-5-2-3-6-7(4-5)12-8(9)11-6/h2-12H,(H2,24,25,26,27);2-8H,(H2,18,19,20,21);2-4H,(H2,9,11). The molecule has 62 heavy (non-hydrogen) atoms. The number of rotatable bonds is 5. The maximum atomic E-state index is 13.1. The van der Waals surface area contributed by atoms with Crippen molar-refractivity contribution in [3.8, 4) is 11.1 Å². The van der Waals surface area contributed by atoms with Gasteiger partial charge in [-0.2, -0.15) is 0 Å². The number of carbonyl (C=O) groups excluding carboxylic acids is 2. The van der Waals surface area contributed by atoms with Crippen molar-refractivity contribution in [2.45, 2.75) is 0 Å². The van der Waals surface area contributed by atoms with Crippen LogP contribution in [0.4, 0.5) is 57.8 Å². The largest absolute Gasteiger partial charge is 0.375 e. The van der Waals surface area contributed by atoms with Gasteiger partial charge in [0.1, 0.15) is 5.82 Å². The number of fused-ring (bicyclic) bond motifs is 3. The number of aromatic nitrogens is 3. The number of nitrogens with two attached hydrogens (primary N) is 1. The number of nitrogens with one attached hydrogen (secondary N) is 4. The van der Waals surface area contributed by atoms with E-state index in [-0.39, 0.29) is 11.8 Å². The van der Waals surface area contributed by atoms with Crippen LogP contribution >= 0.6 is 49.9 Å². The second kappa shape index (κ2) is 19.5. The van der Waals surface area contributed by atoms with Gasteiger partial charge in [0.15, 0.2) is 32.5 Å². The molecule has 0 saturated heterocycles. The Bertz CT molecular complexity index is 3240. The van der Waals surface area contributed by atoms with Crippen molar-refractivity contribution in [3.63, 3.8) is 0 Å². The predicted molar refractivity (Wildman–Crippen MR) is 253 cm³/mol. The first-order valence-electron chi connectivity index (χ1n) is 17.9. The molecule has 6 aromatic carbocycles. The molecule has 0 aliphatic carbocycles. The van der Waals surface area contributed by atoms with E-state index in [1.54, 1.807) is 78.9 Å². The summed E-state index contributed by atoms with van der Waals surface area (Å²) in [6.07, 6.45) is 0. The Morgan fingerprint density at radius 3 is 1.52 bits per heavy atom. The van der Waals surface area contributed by atoms with E-state index in [1.807, 2.05) is 36.4 Å². The highest BCUT2D eigenvalue weighted by Crippen LogP contribution is 2.32. The van der Waals surface area contributed by atoms with E-state index >= 15 is 0 Å². The van der Waals surface area contributed by atoms with Crippen molar-refractivity contribution < 1.29 is 14.0 Å². The Balaban J connectivity index is 0.000000151. The van der Waals surface area contributed by atoms with Gasteiger partial charge in [-0.1, -0.05) is 98.5 Å². The minimum atomic E-state index is -0.416. The van der Waals surface area contributed by atoms with Crippen LogP contribution in [0.15, 0.2) is 132 Å². The third-order valence-electron chi connectivity index (χ3n) is 8.34. The van der Waals surface area contributed by atoms with Crippen LogP contribution in [0.2, 0.25) is 0 Å². The predicted octanol–water partition coefficient (Wildman–Crippen LogP) is 14.0. The summed E-state index contributed by atoms with van der Waals surface area (Å²) in [5.41, 5.74) is 12.6. The van der Waals surface area contributed by atoms with Gasteiger partial charge in [0, 0.05) is 29.9 Å². The lowest BCUT2D eigenvalue weighted by molar-refractivity contribution is 0.261. The van der Waals surface area contributed by atoms with Crippen LogP contribution in [0.1, 0.15) is 0 Å². The maximum Gasteiger partial charge on any atom is 0.325 e. The Hall–Kier alpha value is -7.79. The molecule has 3 heterocycles. The number of nitrogens with zero attached hydrogens (tertiary/aromatic N) is 6. The molecular formula is C44H27BrFN11O2S3. The molecular weight excluding hydrogens is 910 g/mol. The number of benzene rings is 6. The summed E-state index contributed by atoms with van der Waals surface area (Å²) in [6, 6.07) is 35.8. The zero-order chi connectivity index (χ0) is 43.6. The SMILES string of the molecule is [C-]#[N+]c1ccc2nc(N)sc2c1.[C-]#[N+]c1ccc2nc(NC(=O)Nc3cccc(-c4ccc(F)cc4)c3)sc2c1.[C-]#[N+]c1ccc2nc(NC(=O)Nc3cccc(Br)c3)sc2c1. The monoisotopic (exact) mass is 935 g/mol. The molecule has 9 rings (SSSR count). The smallest absolute Gasteiger partial charge is 0.325 e. The van der Waals surface area contributed by atoms with E-state index in [0.29, 0.717) is 43.8 Å². The van der Waals surface area contributed by atoms with E-state index in [2.05, 4.69) is 66.7 Å². The highest BCUT2D eigenvalue weighted by Gasteiger charge is 2.11. The Morgan fingerprint density at radius 1 is 0.548 bits per heavy atom. The van der Waals surface area contributed by atoms with Crippen molar-refractivity contribution in [1.82, 2.24) is 15.0 Å². The third-order valence-corrected chi connectivity index (χ3v) is 11.5. The molecule has 0 fully saturated rings. The molecule has 0 bridgehead atoms. The van der Waals surface area contributed by atoms with Gasteiger partial charge in [0.2, 0.25) is 0 Å². The number of nitrogen functional groups attached to an aromatic ring is 1. The van der Waals surface area contributed by atoms with Crippen molar-refractivity contribution in [2.24, 2.45) is 0 Å². The Morgan fingerprint density at radius 2 is 1.02 bits per heavy atom.